The number of furan rings is 1. The number of para-hydroxylation sites is 1. The second-order valence-corrected chi connectivity index (χ2v) is 17.6. The van der Waals surface area contributed by atoms with Crippen LogP contribution in [0.3, 0.4) is 0 Å². The molecule has 0 spiro atoms. The van der Waals surface area contributed by atoms with E-state index >= 15 is 0 Å². The fourth-order valence-electron chi connectivity index (χ4n) is 10.9. The molecule has 0 amide bonds. The second-order valence-electron chi connectivity index (χ2n) is 17.6. The summed E-state index contributed by atoms with van der Waals surface area (Å²) in [6.07, 6.45) is 0. The summed E-state index contributed by atoms with van der Waals surface area (Å²) >= 11 is 0. The standard InChI is InChI=1S/C65H43NO/c1-4-17-46(18-5-1)55-38-34-48(54-28-16-20-45-19-10-11-25-53(45)54)41-62(55)66(51-35-31-44(32-36-51)47-33-39-59-58-27-13-15-30-63(58)67-64(59)42-47)52-37-40-57-56-26-12-14-29-60(56)65(61(57)43-52,49-21-6-2-7-22-49)50-23-8-3-9-24-50/h1-43H. The molecule has 13 rings (SSSR count). The Balaban J connectivity index is 1.06. The average Bonchev–Trinajstić information content (AvgIpc) is 3.93. The first kappa shape index (κ1) is 38.7. The van der Waals surface area contributed by atoms with Crippen LogP contribution in [0.25, 0.3) is 77.2 Å². The molecule has 12 aromatic rings. The Bertz CT molecular complexity index is 3750. The van der Waals surface area contributed by atoms with Crippen LogP contribution in [0.1, 0.15) is 22.3 Å². The summed E-state index contributed by atoms with van der Waals surface area (Å²) in [5, 5.41) is 4.71. The minimum absolute atomic E-state index is 0.553. The number of rotatable bonds is 8. The Hall–Kier alpha value is -8.72. The Morgan fingerprint density at radius 1 is 0.299 bits per heavy atom. The lowest BCUT2D eigenvalue weighted by Crippen LogP contribution is -2.28. The van der Waals surface area contributed by atoms with Crippen LogP contribution in [0.15, 0.2) is 265 Å². The smallest absolute Gasteiger partial charge is 0.136 e. The molecule has 0 bridgehead atoms. The van der Waals surface area contributed by atoms with Crippen molar-refractivity contribution in [2.75, 3.05) is 4.90 Å². The molecule has 2 nitrogen and oxygen atoms in total. The third kappa shape index (κ3) is 6.26. The van der Waals surface area contributed by atoms with Gasteiger partial charge < -0.3 is 9.32 Å². The van der Waals surface area contributed by atoms with Gasteiger partial charge in [0.1, 0.15) is 11.2 Å². The zero-order valence-corrected chi connectivity index (χ0v) is 36.7. The van der Waals surface area contributed by atoms with Gasteiger partial charge in [-0.25, -0.2) is 0 Å². The van der Waals surface area contributed by atoms with E-state index in [9.17, 15) is 0 Å². The van der Waals surface area contributed by atoms with Crippen LogP contribution in [0, 0.1) is 0 Å². The highest BCUT2D eigenvalue weighted by molar-refractivity contribution is 6.06. The van der Waals surface area contributed by atoms with Gasteiger partial charge in [-0.3, -0.25) is 0 Å². The normalized spacial score (nSPS) is 12.6. The molecule has 0 atom stereocenters. The molecule has 0 saturated carbocycles. The van der Waals surface area contributed by atoms with E-state index < -0.39 is 5.41 Å². The van der Waals surface area contributed by atoms with Gasteiger partial charge in [0.05, 0.1) is 11.1 Å². The van der Waals surface area contributed by atoms with Crippen molar-refractivity contribution in [2.24, 2.45) is 0 Å². The van der Waals surface area contributed by atoms with Crippen molar-refractivity contribution in [3.63, 3.8) is 0 Å². The highest BCUT2D eigenvalue weighted by Gasteiger charge is 2.46. The van der Waals surface area contributed by atoms with E-state index in [4.69, 9.17) is 4.42 Å². The number of hydrogen-bond acceptors (Lipinski definition) is 2. The molecule has 1 heterocycles. The van der Waals surface area contributed by atoms with Crippen LogP contribution < -0.4 is 4.90 Å². The van der Waals surface area contributed by atoms with Gasteiger partial charge >= 0.3 is 0 Å². The molecule has 0 unspecified atom stereocenters. The lowest BCUT2D eigenvalue weighted by atomic mass is 9.67. The number of nitrogens with zero attached hydrogens (tertiary/aromatic N) is 1. The summed E-state index contributed by atoms with van der Waals surface area (Å²) in [4.78, 5) is 2.48. The third-order valence-electron chi connectivity index (χ3n) is 14.0. The van der Waals surface area contributed by atoms with Gasteiger partial charge in [-0.1, -0.05) is 212 Å². The summed E-state index contributed by atoms with van der Waals surface area (Å²) in [7, 11) is 0. The maximum atomic E-state index is 6.35. The van der Waals surface area contributed by atoms with Crippen LogP contribution in [0.4, 0.5) is 17.1 Å². The minimum Gasteiger partial charge on any atom is -0.456 e. The number of anilines is 3. The first-order valence-electron chi connectivity index (χ1n) is 23.1. The zero-order valence-electron chi connectivity index (χ0n) is 36.7. The molecule has 2 heteroatoms. The molecule has 0 fully saturated rings. The van der Waals surface area contributed by atoms with Gasteiger partial charge in [-0.2, -0.15) is 0 Å². The fraction of sp³-hybridized carbons (Fsp3) is 0.0154. The quantitative estimate of drug-likeness (QED) is 0.151. The zero-order chi connectivity index (χ0) is 44.3. The molecule has 0 N–H and O–H groups in total. The van der Waals surface area contributed by atoms with Crippen molar-refractivity contribution in [1.29, 1.82) is 0 Å². The molecule has 1 aromatic heterocycles. The van der Waals surface area contributed by atoms with E-state index in [0.717, 1.165) is 66.8 Å². The van der Waals surface area contributed by atoms with Gasteiger partial charge in [0.15, 0.2) is 0 Å². The van der Waals surface area contributed by atoms with Gasteiger partial charge in [0, 0.05) is 27.7 Å². The van der Waals surface area contributed by atoms with Crippen molar-refractivity contribution in [3.8, 4) is 44.5 Å². The van der Waals surface area contributed by atoms with E-state index in [1.165, 1.54) is 49.7 Å². The Morgan fingerprint density at radius 3 is 1.66 bits per heavy atom. The molecule has 67 heavy (non-hydrogen) atoms. The van der Waals surface area contributed by atoms with E-state index in [1.807, 2.05) is 12.1 Å². The predicted octanol–water partition coefficient (Wildman–Crippen LogP) is 17.6. The molecular formula is C65H43NO. The molecule has 1 aliphatic carbocycles. The molecule has 11 aromatic carbocycles. The Labute approximate surface area is 390 Å². The first-order valence-corrected chi connectivity index (χ1v) is 23.1. The Morgan fingerprint density at radius 2 is 0.866 bits per heavy atom. The third-order valence-corrected chi connectivity index (χ3v) is 14.0. The lowest BCUT2D eigenvalue weighted by Gasteiger charge is -2.35. The van der Waals surface area contributed by atoms with Gasteiger partial charge in [-0.05, 0) is 121 Å². The summed E-state index contributed by atoms with van der Waals surface area (Å²) in [6, 6.07) is 95.3. The van der Waals surface area contributed by atoms with Crippen molar-refractivity contribution in [3.05, 3.63) is 283 Å². The molecule has 1 aliphatic rings. The number of fused-ring (bicyclic) bond motifs is 7. The van der Waals surface area contributed by atoms with Crippen LogP contribution in [-0.4, -0.2) is 0 Å². The lowest BCUT2D eigenvalue weighted by molar-refractivity contribution is 0.669. The molecule has 0 saturated heterocycles. The Kier molecular flexibility index (Phi) is 9.11. The van der Waals surface area contributed by atoms with Crippen LogP contribution >= 0.6 is 0 Å². The summed E-state index contributed by atoms with van der Waals surface area (Å²) < 4.78 is 6.35. The fourth-order valence-corrected chi connectivity index (χ4v) is 10.9. The van der Waals surface area contributed by atoms with E-state index in [2.05, 4.69) is 254 Å². The van der Waals surface area contributed by atoms with Crippen molar-refractivity contribution >= 4 is 49.8 Å². The second kappa shape index (κ2) is 15.8. The first-order chi connectivity index (χ1) is 33.2. The maximum Gasteiger partial charge on any atom is 0.136 e. The van der Waals surface area contributed by atoms with Crippen LogP contribution in [0.2, 0.25) is 0 Å². The van der Waals surface area contributed by atoms with E-state index in [1.54, 1.807) is 0 Å². The summed E-state index contributed by atoms with van der Waals surface area (Å²) in [6.45, 7) is 0. The summed E-state index contributed by atoms with van der Waals surface area (Å²) in [5.74, 6) is 0. The SMILES string of the molecule is c1ccc(-c2ccc(-c3cccc4ccccc34)cc2N(c2ccc(-c3ccc4c(c3)oc3ccccc34)cc2)c2ccc3c(c2)C(c2ccccc2)(c2ccccc2)c2ccccc2-3)cc1. The highest BCUT2D eigenvalue weighted by Crippen LogP contribution is 2.57. The summed E-state index contributed by atoms with van der Waals surface area (Å²) in [5.41, 5.74) is 18.9. The minimum atomic E-state index is -0.553. The molecule has 0 aliphatic heterocycles. The van der Waals surface area contributed by atoms with E-state index in [-0.39, 0.29) is 0 Å². The van der Waals surface area contributed by atoms with Crippen molar-refractivity contribution in [2.45, 2.75) is 5.41 Å². The maximum absolute atomic E-state index is 6.35. The molecule has 0 radical (unpaired) electrons. The van der Waals surface area contributed by atoms with Crippen molar-refractivity contribution in [1.82, 2.24) is 0 Å². The van der Waals surface area contributed by atoms with Gasteiger partial charge in [0.2, 0.25) is 0 Å². The average molecular weight is 854 g/mol. The monoisotopic (exact) mass is 853 g/mol. The van der Waals surface area contributed by atoms with Gasteiger partial charge in [0.25, 0.3) is 0 Å². The largest absolute Gasteiger partial charge is 0.456 e. The van der Waals surface area contributed by atoms with Crippen LogP contribution in [-0.2, 0) is 5.41 Å². The van der Waals surface area contributed by atoms with Gasteiger partial charge in [-0.15, -0.1) is 0 Å². The molecule has 314 valence electrons. The van der Waals surface area contributed by atoms with E-state index in [0.29, 0.717) is 0 Å². The predicted molar refractivity (Wildman–Crippen MR) is 280 cm³/mol. The highest BCUT2D eigenvalue weighted by atomic mass is 16.3. The number of hydrogen-bond donors (Lipinski definition) is 0. The van der Waals surface area contributed by atoms with Crippen molar-refractivity contribution < 1.29 is 4.42 Å². The topological polar surface area (TPSA) is 16.4 Å². The number of benzene rings is 11. The van der Waals surface area contributed by atoms with Crippen LogP contribution in [0.5, 0.6) is 0 Å². The molecular weight excluding hydrogens is 811 g/mol.